The van der Waals surface area contributed by atoms with E-state index in [4.69, 9.17) is 4.42 Å². The van der Waals surface area contributed by atoms with Crippen LogP contribution in [0, 0.1) is 13.8 Å². The lowest BCUT2D eigenvalue weighted by molar-refractivity contribution is 0.0579. The van der Waals surface area contributed by atoms with Gasteiger partial charge in [0.2, 0.25) is 0 Å². The highest BCUT2D eigenvalue weighted by atomic mass is 16.3. The van der Waals surface area contributed by atoms with Crippen molar-refractivity contribution in [1.29, 1.82) is 0 Å². The van der Waals surface area contributed by atoms with Crippen molar-refractivity contribution in [2.45, 2.75) is 32.9 Å². The normalized spacial score (nSPS) is 13.5. The molecule has 1 aromatic carbocycles. The zero-order chi connectivity index (χ0) is 16.2. The van der Waals surface area contributed by atoms with Crippen molar-refractivity contribution in [2.24, 2.45) is 0 Å². The van der Waals surface area contributed by atoms with E-state index in [9.17, 15) is 9.90 Å². The van der Waals surface area contributed by atoms with Gasteiger partial charge in [0, 0.05) is 12.1 Å². The van der Waals surface area contributed by atoms with E-state index in [1.165, 1.54) is 0 Å². The summed E-state index contributed by atoms with van der Waals surface area (Å²) in [5, 5.41) is 16.0. The predicted molar refractivity (Wildman–Crippen MR) is 84.4 cm³/mol. The first-order valence-electron chi connectivity index (χ1n) is 7.24. The summed E-state index contributed by atoms with van der Waals surface area (Å²) < 4.78 is 5.42. The number of nitrogens with one attached hydrogen (secondary N) is 2. The topological polar surface area (TPSA) is 74.5 Å². The Hall–Kier alpha value is -2.27. The third-order valence-electron chi connectivity index (χ3n) is 3.51. The fourth-order valence-corrected chi connectivity index (χ4v) is 2.35. The van der Waals surface area contributed by atoms with Gasteiger partial charge in [-0.1, -0.05) is 30.3 Å². The number of urea groups is 1. The Balaban J connectivity index is 1.86. The molecule has 118 valence electrons. The summed E-state index contributed by atoms with van der Waals surface area (Å²) in [4.78, 5) is 11.8. The zero-order valence-corrected chi connectivity index (χ0v) is 13.1. The number of hydrogen-bond donors (Lipinski definition) is 3. The van der Waals surface area contributed by atoms with Gasteiger partial charge in [0.1, 0.15) is 17.1 Å². The molecule has 3 N–H and O–H groups in total. The highest BCUT2D eigenvalue weighted by molar-refractivity contribution is 5.73. The molecule has 0 bridgehead atoms. The number of carbonyl (C=O) groups is 1. The average molecular weight is 302 g/mol. The second kappa shape index (κ2) is 6.66. The maximum Gasteiger partial charge on any atom is 0.315 e. The van der Waals surface area contributed by atoms with Crippen molar-refractivity contribution in [3.63, 3.8) is 0 Å². The summed E-state index contributed by atoms with van der Waals surface area (Å²) in [7, 11) is 0. The molecular formula is C17H22N2O3. The molecule has 22 heavy (non-hydrogen) atoms. The fraction of sp³-hybridized carbons (Fsp3) is 0.353. The Morgan fingerprint density at radius 3 is 2.50 bits per heavy atom. The van der Waals surface area contributed by atoms with E-state index >= 15 is 0 Å². The first kappa shape index (κ1) is 16.1. The lowest BCUT2D eigenvalue weighted by Crippen LogP contribution is -2.43. The minimum Gasteiger partial charge on any atom is -0.466 e. The van der Waals surface area contributed by atoms with Gasteiger partial charge in [-0.05, 0) is 32.4 Å². The van der Waals surface area contributed by atoms with E-state index < -0.39 is 5.60 Å². The van der Waals surface area contributed by atoms with Crippen LogP contribution in [0.15, 0.2) is 40.8 Å². The third kappa shape index (κ3) is 4.11. The van der Waals surface area contributed by atoms with Gasteiger partial charge in [-0.25, -0.2) is 4.79 Å². The summed E-state index contributed by atoms with van der Waals surface area (Å²) in [6.07, 6.45) is 0. The molecule has 0 radical (unpaired) electrons. The van der Waals surface area contributed by atoms with Crippen LogP contribution in [-0.2, 0) is 12.1 Å². The van der Waals surface area contributed by atoms with Gasteiger partial charge >= 0.3 is 6.03 Å². The van der Waals surface area contributed by atoms with Gasteiger partial charge < -0.3 is 20.2 Å². The minimum absolute atomic E-state index is 0.105. The van der Waals surface area contributed by atoms with E-state index in [1.807, 2.05) is 37.3 Å². The molecule has 1 heterocycles. The van der Waals surface area contributed by atoms with Crippen LogP contribution in [0.25, 0.3) is 0 Å². The van der Waals surface area contributed by atoms with Crippen LogP contribution < -0.4 is 10.6 Å². The summed E-state index contributed by atoms with van der Waals surface area (Å²) >= 11 is 0. The Kier molecular flexibility index (Phi) is 4.88. The van der Waals surface area contributed by atoms with Crippen molar-refractivity contribution in [3.8, 4) is 0 Å². The van der Waals surface area contributed by atoms with Crippen LogP contribution in [0.4, 0.5) is 4.79 Å². The molecule has 2 amide bonds. The lowest BCUT2D eigenvalue weighted by Gasteiger charge is -2.23. The number of amides is 2. The van der Waals surface area contributed by atoms with Gasteiger partial charge in [-0.3, -0.25) is 0 Å². The maximum atomic E-state index is 11.8. The molecule has 0 aliphatic carbocycles. The van der Waals surface area contributed by atoms with E-state index in [0.717, 1.165) is 11.3 Å². The van der Waals surface area contributed by atoms with Crippen molar-refractivity contribution in [2.75, 3.05) is 6.54 Å². The average Bonchev–Trinajstić information content (AvgIpc) is 2.84. The number of furan rings is 1. The van der Waals surface area contributed by atoms with Gasteiger partial charge in [-0.15, -0.1) is 0 Å². The molecule has 0 saturated heterocycles. The molecule has 5 nitrogen and oxygen atoms in total. The monoisotopic (exact) mass is 302 g/mol. The van der Waals surface area contributed by atoms with Crippen LogP contribution in [0.1, 0.15) is 29.6 Å². The standard InChI is InChI=1S/C17H22N2O3/c1-12-9-15(13(2)22-12)17(3,21)11-19-16(20)18-10-14-7-5-4-6-8-14/h4-9,21H,10-11H2,1-3H3,(H2,18,19,20). The highest BCUT2D eigenvalue weighted by Gasteiger charge is 2.28. The van der Waals surface area contributed by atoms with Crippen LogP contribution in [0.2, 0.25) is 0 Å². The fourth-order valence-electron chi connectivity index (χ4n) is 2.35. The van der Waals surface area contributed by atoms with Crippen LogP contribution in [-0.4, -0.2) is 17.7 Å². The first-order chi connectivity index (χ1) is 10.4. The summed E-state index contributed by atoms with van der Waals surface area (Å²) in [6.45, 7) is 5.83. The molecule has 1 atom stereocenters. The zero-order valence-electron chi connectivity index (χ0n) is 13.1. The van der Waals surface area contributed by atoms with Gasteiger partial charge in [0.15, 0.2) is 0 Å². The van der Waals surface area contributed by atoms with E-state index in [0.29, 0.717) is 17.9 Å². The SMILES string of the molecule is Cc1cc(C(C)(O)CNC(=O)NCc2ccccc2)c(C)o1. The molecular weight excluding hydrogens is 280 g/mol. The molecule has 2 aromatic rings. The number of carbonyl (C=O) groups excluding carboxylic acids is 1. The number of hydrogen-bond acceptors (Lipinski definition) is 3. The summed E-state index contributed by atoms with van der Waals surface area (Å²) in [5.74, 6) is 1.40. The molecule has 1 unspecified atom stereocenters. The molecule has 0 fully saturated rings. The largest absolute Gasteiger partial charge is 0.466 e. The molecule has 0 saturated carbocycles. The first-order valence-corrected chi connectivity index (χ1v) is 7.24. The van der Waals surface area contributed by atoms with Crippen LogP contribution in [0.5, 0.6) is 0 Å². The Morgan fingerprint density at radius 1 is 1.23 bits per heavy atom. The summed E-state index contributed by atoms with van der Waals surface area (Å²) in [5.41, 5.74) is 0.533. The van der Waals surface area contributed by atoms with E-state index in [1.54, 1.807) is 19.9 Å². The smallest absolute Gasteiger partial charge is 0.315 e. The number of rotatable bonds is 5. The molecule has 1 aromatic heterocycles. The van der Waals surface area contributed by atoms with Crippen LogP contribution >= 0.6 is 0 Å². The summed E-state index contributed by atoms with van der Waals surface area (Å²) in [6, 6.07) is 11.1. The van der Waals surface area contributed by atoms with Crippen molar-refractivity contribution < 1.29 is 14.3 Å². The van der Waals surface area contributed by atoms with Crippen molar-refractivity contribution in [3.05, 3.63) is 59.0 Å². The second-order valence-corrected chi connectivity index (χ2v) is 5.62. The number of aryl methyl sites for hydroxylation is 2. The Morgan fingerprint density at radius 2 is 1.91 bits per heavy atom. The van der Waals surface area contributed by atoms with Crippen molar-refractivity contribution >= 4 is 6.03 Å². The predicted octanol–water partition coefficient (Wildman–Crippen LogP) is 2.60. The van der Waals surface area contributed by atoms with Gasteiger partial charge in [0.05, 0.1) is 6.54 Å². The highest BCUT2D eigenvalue weighted by Crippen LogP contribution is 2.26. The van der Waals surface area contributed by atoms with Crippen LogP contribution in [0.3, 0.4) is 0 Å². The molecule has 0 aliphatic heterocycles. The molecule has 0 aliphatic rings. The lowest BCUT2D eigenvalue weighted by atomic mass is 9.96. The molecule has 2 rings (SSSR count). The molecule has 5 heteroatoms. The third-order valence-corrected chi connectivity index (χ3v) is 3.51. The maximum absolute atomic E-state index is 11.8. The second-order valence-electron chi connectivity index (χ2n) is 5.62. The van der Waals surface area contributed by atoms with Crippen molar-refractivity contribution in [1.82, 2.24) is 10.6 Å². The molecule has 0 spiro atoms. The Bertz CT molecular complexity index is 633. The van der Waals surface area contributed by atoms with Gasteiger partial charge in [0.25, 0.3) is 0 Å². The quantitative estimate of drug-likeness (QED) is 0.795. The van der Waals surface area contributed by atoms with E-state index in [-0.39, 0.29) is 12.6 Å². The Labute approximate surface area is 130 Å². The minimum atomic E-state index is -1.17. The van der Waals surface area contributed by atoms with Gasteiger partial charge in [-0.2, -0.15) is 0 Å². The number of aliphatic hydroxyl groups is 1. The van der Waals surface area contributed by atoms with E-state index in [2.05, 4.69) is 10.6 Å². The number of benzene rings is 1.